The highest BCUT2D eigenvalue weighted by Gasteiger charge is 2.30. The summed E-state index contributed by atoms with van der Waals surface area (Å²) in [6.07, 6.45) is 0.153. The number of aromatic amines is 1. The first-order valence-corrected chi connectivity index (χ1v) is 5.96. The summed E-state index contributed by atoms with van der Waals surface area (Å²) in [4.78, 5) is 13.6. The highest BCUT2D eigenvalue weighted by molar-refractivity contribution is 5.78. The molecule has 5 nitrogen and oxygen atoms in total. The fraction of sp³-hybridized carbons (Fsp3) is 0.667. The molecule has 0 radical (unpaired) electrons. The quantitative estimate of drug-likeness (QED) is 0.814. The van der Waals surface area contributed by atoms with Crippen LogP contribution < -0.4 is 0 Å². The number of hydrogen-bond acceptors (Lipinski definition) is 3. The molecule has 1 amide bonds. The van der Waals surface area contributed by atoms with Crippen molar-refractivity contribution in [1.82, 2.24) is 15.1 Å². The fourth-order valence-corrected chi connectivity index (χ4v) is 2.44. The third-order valence-electron chi connectivity index (χ3n) is 3.37. The van der Waals surface area contributed by atoms with Crippen LogP contribution in [0.15, 0.2) is 0 Å². The highest BCUT2D eigenvalue weighted by Crippen LogP contribution is 2.25. The van der Waals surface area contributed by atoms with E-state index in [1.807, 2.05) is 20.8 Å². The highest BCUT2D eigenvalue weighted by atomic mass is 16.3. The topological polar surface area (TPSA) is 69.2 Å². The fourth-order valence-electron chi connectivity index (χ4n) is 2.44. The number of carbonyl (C=O) groups excluding carboxylic acids is 1. The molecule has 94 valence electrons. The van der Waals surface area contributed by atoms with Gasteiger partial charge in [0, 0.05) is 25.2 Å². The summed E-state index contributed by atoms with van der Waals surface area (Å²) in [6.45, 7) is 6.93. The van der Waals surface area contributed by atoms with Crippen molar-refractivity contribution >= 4 is 5.91 Å². The first kappa shape index (κ1) is 12.1. The number of β-amino-alcohol motifs (C(OH)–C–C–N with tert-alkyl or cyclic N) is 1. The second kappa shape index (κ2) is 4.49. The number of nitrogens with one attached hydrogen (secondary N) is 1. The van der Waals surface area contributed by atoms with Crippen LogP contribution in [-0.4, -0.2) is 45.3 Å². The molecular formula is C12H19N3O2. The predicted octanol–water partition coefficient (Wildman–Crippen LogP) is 0.723. The summed E-state index contributed by atoms with van der Waals surface area (Å²) >= 11 is 0. The summed E-state index contributed by atoms with van der Waals surface area (Å²) in [6, 6.07) is 0. The number of hydrogen-bond donors (Lipinski definition) is 2. The van der Waals surface area contributed by atoms with E-state index in [-0.39, 0.29) is 17.9 Å². The average molecular weight is 237 g/mol. The van der Waals surface area contributed by atoms with Gasteiger partial charge >= 0.3 is 0 Å². The lowest BCUT2D eigenvalue weighted by Crippen LogP contribution is -2.53. The molecule has 1 aromatic rings. The van der Waals surface area contributed by atoms with E-state index in [0.717, 1.165) is 17.0 Å². The molecule has 1 aromatic heterocycles. The molecule has 5 heteroatoms. The van der Waals surface area contributed by atoms with Crippen molar-refractivity contribution in [2.75, 3.05) is 13.1 Å². The van der Waals surface area contributed by atoms with Gasteiger partial charge in [-0.15, -0.1) is 0 Å². The Morgan fingerprint density at radius 2 is 2.24 bits per heavy atom. The standard InChI is InChI=1S/C12H19N3O2/c1-7(12-8(2)13-14-9(12)3)4-11(17)15-5-10(16)6-15/h7,10,16H,4-6H2,1-3H3,(H,13,14). The molecule has 1 atom stereocenters. The van der Waals surface area contributed by atoms with Crippen molar-refractivity contribution < 1.29 is 9.90 Å². The smallest absolute Gasteiger partial charge is 0.223 e. The Balaban J connectivity index is 1.97. The van der Waals surface area contributed by atoms with E-state index in [2.05, 4.69) is 10.2 Å². The first-order valence-electron chi connectivity index (χ1n) is 5.96. The van der Waals surface area contributed by atoms with Gasteiger partial charge in [0.25, 0.3) is 0 Å². The van der Waals surface area contributed by atoms with Gasteiger partial charge < -0.3 is 10.0 Å². The van der Waals surface area contributed by atoms with E-state index in [9.17, 15) is 4.79 Å². The van der Waals surface area contributed by atoms with E-state index in [1.165, 1.54) is 0 Å². The third kappa shape index (κ3) is 2.34. The number of aliphatic hydroxyl groups is 1. The Morgan fingerprint density at radius 1 is 1.59 bits per heavy atom. The molecule has 17 heavy (non-hydrogen) atoms. The maximum absolute atomic E-state index is 11.9. The van der Waals surface area contributed by atoms with Gasteiger partial charge in [0.05, 0.1) is 11.8 Å². The zero-order chi connectivity index (χ0) is 12.6. The molecule has 0 bridgehead atoms. The number of H-pyrrole nitrogens is 1. The molecule has 2 N–H and O–H groups in total. The summed E-state index contributed by atoms with van der Waals surface area (Å²) in [7, 11) is 0. The monoisotopic (exact) mass is 237 g/mol. The molecule has 1 aliphatic rings. The Bertz CT molecular complexity index is 402. The third-order valence-corrected chi connectivity index (χ3v) is 3.37. The minimum atomic E-state index is -0.327. The van der Waals surface area contributed by atoms with Gasteiger partial charge in [-0.1, -0.05) is 6.92 Å². The maximum atomic E-state index is 11.9. The normalized spacial score (nSPS) is 18.0. The van der Waals surface area contributed by atoms with Crippen molar-refractivity contribution in [1.29, 1.82) is 0 Å². The van der Waals surface area contributed by atoms with Gasteiger partial charge in [-0.3, -0.25) is 9.89 Å². The van der Waals surface area contributed by atoms with Crippen LogP contribution in [0.3, 0.4) is 0 Å². The van der Waals surface area contributed by atoms with Gasteiger partial charge in [0.15, 0.2) is 0 Å². The van der Waals surface area contributed by atoms with Crippen LogP contribution in [-0.2, 0) is 4.79 Å². The zero-order valence-electron chi connectivity index (χ0n) is 10.5. The number of likely N-dealkylation sites (tertiary alicyclic amines) is 1. The number of aliphatic hydroxyl groups excluding tert-OH is 1. The molecule has 1 fully saturated rings. The van der Waals surface area contributed by atoms with E-state index in [4.69, 9.17) is 5.11 Å². The van der Waals surface area contributed by atoms with Crippen LogP contribution in [0.25, 0.3) is 0 Å². The van der Waals surface area contributed by atoms with Crippen molar-refractivity contribution in [2.24, 2.45) is 0 Å². The molecular weight excluding hydrogens is 218 g/mol. The van der Waals surface area contributed by atoms with Gasteiger partial charge in [0.2, 0.25) is 5.91 Å². The van der Waals surface area contributed by atoms with Crippen LogP contribution in [0.5, 0.6) is 0 Å². The molecule has 1 unspecified atom stereocenters. The lowest BCUT2D eigenvalue weighted by atomic mass is 9.94. The molecule has 0 aliphatic carbocycles. The largest absolute Gasteiger partial charge is 0.389 e. The minimum Gasteiger partial charge on any atom is -0.389 e. The van der Waals surface area contributed by atoms with E-state index < -0.39 is 0 Å². The molecule has 1 saturated heterocycles. The Morgan fingerprint density at radius 3 is 2.71 bits per heavy atom. The summed E-state index contributed by atoms with van der Waals surface area (Å²) < 4.78 is 0. The number of rotatable bonds is 3. The van der Waals surface area contributed by atoms with Gasteiger partial charge in [-0.05, 0) is 25.3 Å². The van der Waals surface area contributed by atoms with E-state index >= 15 is 0 Å². The van der Waals surface area contributed by atoms with Crippen molar-refractivity contribution in [3.05, 3.63) is 17.0 Å². The van der Waals surface area contributed by atoms with Crippen LogP contribution in [0.4, 0.5) is 0 Å². The van der Waals surface area contributed by atoms with Crippen molar-refractivity contribution in [3.63, 3.8) is 0 Å². The summed E-state index contributed by atoms with van der Waals surface area (Å²) in [5.74, 6) is 0.279. The minimum absolute atomic E-state index is 0.114. The molecule has 2 rings (SSSR count). The van der Waals surface area contributed by atoms with Crippen LogP contribution in [0.2, 0.25) is 0 Å². The Kier molecular flexibility index (Phi) is 3.19. The summed E-state index contributed by atoms with van der Waals surface area (Å²) in [5.41, 5.74) is 3.14. The number of nitrogens with zero attached hydrogens (tertiary/aromatic N) is 2. The SMILES string of the molecule is Cc1n[nH]c(C)c1C(C)CC(=O)N1CC(O)C1. The Labute approximate surface area is 101 Å². The van der Waals surface area contributed by atoms with Crippen LogP contribution in [0, 0.1) is 13.8 Å². The Hall–Kier alpha value is -1.36. The van der Waals surface area contributed by atoms with E-state index in [0.29, 0.717) is 19.5 Å². The number of amides is 1. The molecule has 2 heterocycles. The average Bonchev–Trinajstić information content (AvgIpc) is 2.53. The second-order valence-electron chi connectivity index (χ2n) is 4.91. The van der Waals surface area contributed by atoms with Crippen LogP contribution in [0.1, 0.15) is 36.2 Å². The lowest BCUT2D eigenvalue weighted by Gasteiger charge is -2.36. The van der Waals surface area contributed by atoms with Crippen LogP contribution >= 0.6 is 0 Å². The number of aryl methyl sites for hydroxylation is 2. The molecule has 1 aliphatic heterocycles. The number of carbonyl (C=O) groups is 1. The summed E-state index contributed by atoms with van der Waals surface area (Å²) in [5, 5.41) is 16.3. The molecule has 0 spiro atoms. The predicted molar refractivity (Wildman–Crippen MR) is 63.7 cm³/mol. The maximum Gasteiger partial charge on any atom is 0.223 e. The lowest BCUT2D eigenvalue weighted by molar-refractivity contribution is -0.141. The van der Waals surface area contributed by atoms with Gasteiger partial charge in [-0.2, -0.15) is 5.10 Å². The van der Waals surface area contributed by atoms with Crippen molar-refractivity contribution in [2.45, 2.75) is 39.2 Å². The second-order valence-corrected chi connectivity index (χ2v) is 4.91. The van der Waals surface area contributed by atoms with E-state index in [1.54, 1.807) is 4.90 Å². The van der Waals surface area contributed by atoms with Crippen molar-refractivity contribution in [3.8, 4) is 0 Å². The number of aromatic nitrogens is 2. The van der Waals surface area contributed by atoms with Gasteiger partial charge in [0.1, 0.15) is 0 Å². The van der Waals surface area contributed by atoms with Gasteiger partial charge in [-0.25, -0.2) is 0 Å². The molecule has 0 aromatic carbocycles. The molecule has 0 saturated carbocycles. The zero-order valence-corrected chi connectivity index (χ0v) is 10.5. The first-order chi connectivity index (χ1) is 7.99.